The molecule has 0 fully saturated rings. The Balaban J connectivity index is 2.44. The van der Waals surface area contributed by atoms with Crippen LogP contribution in [0, 0.1) is 0 Å². The maximum atomic E-state index is 4.95. The second kappa shape index (κ2) is 7.70. The molecule has 0 aliphatic rings. The van der Waals surface area contributed by atoms with Crippen LogP contribution in [-0.2, 0) is 0 Å². The molecule has 2 aromatic carbocycles. The summed E-state index contributed by atoms with van der Waals surface area (Å²) in [6.07, 6.45) is 0. The molecule has 2 aromatic rings. The van der Waals surface area contributed by atoms with Crippen molar-refractivity contribution in [1.29, 1.82) is 0 Å². The minimum Gasteiger partial charge on any atom is -0.252 e. The summed E-state index contributed by atoms with van der Waals surface area (Å²) in [4.78, 5) is 4.95. The van der Waals surface area contributed by atoms with E-state index in [4.69, 9.17) is 4.99 Å². The van der Waals surface area contributed by atoms with Gasteiger partial charge in [-0.3, -0.25) is 4.99 Å². The van der Waals surface area contributed by atoms with E-state index < -0.39 is 0 Å². The van der Waals surface area contributed by atoms with E-state index in [1.54, 1.807) is 0 Å². The van der Waals surface area contributed by atoms with Crippen LogP contribution in [0.2, 0.25) is 0 Å². The molecule has 0 saturated carbocycles. The lowest BCUT2D eigenvalue weighted by Crippen LogP contribution is -2.15. The summed E-state index contributed by atoms with van der Waals surface area (Å²) >= 11 is 0. The monoisotopic (exact) mass is 311 g/mol. The van der Waals surface area contributed by atoms with Gasteiger partial charge in [0.1, 0.15) is 0 Å². The second-order valence-corrected chi connectivity index (χ2v) is 9.51. The van der Waals surface area contributed by atoms with Crippen LogP contribution in [0.1, 0.15) is 40.2 Å². The number of benzene rings is 2. The quantitative estimate of drug-likeness (QED) is 0.492. The minimum atomic E-state index is -0.201. The zero-order valence-corrected chi connectivity index (χ0v) is 15.1. The van der Waals surface area contributed by atoms with Gasteiger partial charge in [0, 0.05) is 11.0 Å². The highest BCUT2D eigenvalue weighted by Crippen LogP contribution is 2.47. The van der Waals surface area contributed by atoms with Crippen LogP contribution in [0.3, 0.4) is 0 Å². The lowest BCUT2D eigenvalue weighted by molar-refractivity contribution is 1.02. The van der Waals surface area contributed by atoms with E-state index in [0.29, 0.717) is 11.3 Å². The van der Waals surface area contributed by atoms with E-state index in [-0.39, 0.29) is 7.92 Å². The van der Waals surface area contributed by atoms with E-state index in [2.05, 4.69) is 83.1 Å². The summed E-state index contributed by atoms with van der Waals surface area (Å²) in [6, 6.07) is 19.1. The molecule has 0 N–H and O–H groups in total. The number of hydrogen-bond acceptors (Lipinski definition) is 1. The number of para-hydroxylation sites is 1. The van der Waals surface area contributed by atoms with Gasteiger partial charge < -0.3 is 0 Å². The zero-order chi connectivity index (χ0) is 16.1. The highest BCUT2D eigenvalue weighted by atomic mass is 31.1. The zero-order valence-electron chi connectivity index (χ0n) is 14.2. The van der Waals surface area contributed by atoms with Crippen molar-refractivity contribution in [1.82, 2.24) is 0 Å². The molecule has 0 aliphatic carbocycles. The van der Waals surface area contributed by atoms with Crippen LogP contribution in [0.15, 0.2) is 59.6 Å². The Bertz CT molecular complexity index is 621. The van der Waals surface area contributed by atoms with Crippen molar-refractivity contribution in [2.75, 3.05) is 0 Å². The molecule has 2 heteroatoms. The Morgan fingerprint density at radius 2 is 1.36 bits per heavy atom. The molecular weight excluding hydrogens is 285 g/mol. The van der Waals surface area contributed by atoms with E-state index in [0.717, 1.165) is 11.4 Å². The molecule has 0 aromatic heterocycles. The van der Waals surface area contributed by atoms with Crippen molar-refractivity contribution in [2.45, 2.75) is 45.9 Å². The molecule has 0 radical (unpaired) electrons. The van der Waals surface area contributed by atoms with E-state index in [1.165, 1.54) is 10.9 Å². The van der Waals surface area contributed by atoms with Gasteiger partial charge in [0.25, 0.3) is 0 Å². The van der Waals surface area contributed by atoms with Crippen LogP contribution < -0.4 is 5.30 Å². The number of hydrogen-bond donors (Lipinski definition) is 0. The van der Waals surface area contributed by atoms with E-state index in [1.807, 2.05) is 6.07 Å². The van der Waals surface area contributed by atoms with Gasteiger partial charge in [0.05, 0.1) is 5.69 Å². The Labute approximate surface area is 136 Å². The van der Waals surface area contributed by atoms with Gasteiger partial charge in [-0.15, -0.1) is 0 Å². The van der Waals surface area contributed by atoms with E-state index >= 15 is 0 Å². The fourth-order valence-electron chi connectivity index (χ4n) is 2.85. The van der Waals surface area contributed by atoms with Crippen molar-refractivity contribution in [3.8, 4) is 0 Å². The first-order valence-electron chi connectivity index (χ1n) is 7.98. The second-order valence-electron chi connectivity index (χ2n) is 6.15. The maximum Gasteiger partial charge on any atom is 0.0709 e. The van der Waals surface area contributed by atoms with Crippen molar-refractivity contribution in [3.63, 3.8) is 0 Å². The Kier molecular flexibility index (Phi) is 5.91. The number of aliphatic imine (C=N–C) groups is 1. The van der Waals surface area contributed by atoms with Crippen molar-refractivity contribution < 1.29 is 0 Å². The van der Waals surface area contributed by atoms with Crippen LogP contribution in [0.4, 0.5) is 5.69 Å². The lowest BCUT2D eigenvalue weighted by atomic mass is 10.1. The first-order chi connectivity index (χ1) is 10.5. The van der Waals surface area contributed by atoms with Crippen LogP contribution in [0.5, 0.6) is 0 Å². The van der Waals surface area contributed by atoms with Crippen molar-refractivity contribution >= 4 is 24.6 Å². The first-order valence-corrected chi connectivity index (χ1v) is 9.46. The number of nitrogens with zero attached hydrogens (tertiary/aromatic N) is 1. The highest BCUT2D eigenvalue weighted by molar-refractivity contribution is 7.67. The molecule has 0 spiro atoms. The third-order valence-electron chi connectivity index (χ3n) is 3.75. The third kappa shape index (κ3) is 4.05. The van der Waals surface area contributed by atoms with Gasteiger partial charge in [0.2, 0.25) is 0 Å². The minimum absolute atomic E-state index is 0.201. The fraction of sp³-hybridized carbons (Fsp3) is 0.350. The smallest absolute Gasteiger partial charge is 0.0709 e. The standard InChI is InChI=1S/C20H26NP/c1-15(2)22(16(3)4)20-14-10-9-13-19(20)21-17(5)18-11-7-6-8-12-18/h6-16H,1-5H3. The summed E-state index contributed by atoms with van der Waals surface area (Å²) < 4.78 is 0. The van der Waals surface area contributed by atoms with Crippen molar-refractivity contribution in [2.24, 2.45) is 4.99 Å². The molecule has 0 saturated heterocycles. The third-order valence-corrected chi connectivity index (χ3v) is 6.91. The molecule has 2 rings (SSSR count). The molecule has 0 unspecified atom stereocenters. The van der Waals surface area contributed by atoms with Crippen LogP contribution in [0.25, 0.3) is 0 Å². The van der Waals surface area contributed by atoms with Crippen LogP contribution >= 0.6 is 7.92 Å². The predicted molar refractivity (Wildman–Crippen MR) is 102 cm³/mol. The normalized spacial score (nSPS) is 12.5. The largest absolute Gasteiger partial charge is 0.252 e. The molecule has 0 atom stereocenters. The maximum absolute atomic E-state index is 4.95. The Hall–Kier alpha value is -1.46. The first kappa shape index (κ1) is 16.9. The molecule has 0 aliphatic heterocycles. The average molecular weight is 311 g/mol. The van der Waals surface area contributed by atoms with Crippen LogP contribution in [-0.4, -0.2) is 17.0 Å². The fourth-order valence-corrected chi connectivity index (χ4v) is 5.81. The summed E-state index contributed by atoms with van der Waals surface area (Å²) in [6.45, 7) is 11.4. The summed E-state index contributed by atoms with van der Waals surface area (Å²) in [5, 5.41) is 1.43. The molecule has 1 nitrogen and oxygen atoms in total. The summed E-state index contributed by atoms with van der Waals surface area (Å²) in [5.41, 5.74) is 4.75. The van der Waals surface area contributed by atoms with Gasteiger partial charge in [-0.1, -0.05) is 84.1 Å². The lowest BCUT2D eigenvalue weighted by Gasteiger charge is -2.27. The SMILES string of the molecule is CC(=Nc1ccccc1P(C(C)C)C(C)C)c1ccccc1. The summed E-state index contributed by atoms with van der Waals surface area (Å²) in [5.74, 6) is 0. The molecule has 22 heavy (non-hydrogen) atoms. The van der Waals surface area contributed by atoms with Gasteiger partial charge >= 0.3 is 0 Å². The Morgan fingerprint density at radius 1 is 0.818 bits per heavy atom. The van der Waals surface area contributed by atoms with Gasteiger partial charge in [-0.05, 0) is 29.9 Å². The predicted octanol–water partition coefficient (Wildman–Crippen LogP) is 5.75. The van der Waals surface area contributed by atoms with Gasteiger partial charge in [-0.25, -0.2) is 0 Å². The molecular formula is C20H26NP. The molecule has 0 heterocycles. The van der Waals surface area contributed by atoms with Gasteiger partial charge in [0.15, 0.2) is 0 Å². The molecule has 0 amide bonds. The van der Waals surface area contributed by atoms with Crippen molar-refractivity contribution in [3.05, 3.63) is 60.2 Å². The Morgan fingerprint density at radius 3 is 1.95 bits per heavy atom. The average Bonchev–Trinajstić information content (AvgIpc) is 2.49. The number of rotatable bonds is 5. The summed E-state index contributed by atoms with van der Waals surface area (Å²) in [7, 11) is -0.201. The molecule has 0 bridgehead atoms. The molecule has 116 valence electrons. The highest BCUT2D eigenvalue weighted by Gasteiger charge is 2.21. The van der Waals surface area contributed by atoms with E-state index in [9.17, 15) is 0 Å². The topological polar surface area (TPSA) is 12.4 Å². The van der Waals surface area contributed by atoms with Gasteiger partial charge in [-0.2, -0.15) is 0 Å².